The fourth-order valence-corrected chi connectivity index (χ4v) is 3.05. The maximum Gasteiger partial charge on any atom is 0.367 e. The van der Waals surface area contributed by atoms with Gasteiger partial charge in [0.2, 0.25) is 5.01 Å². The molecule has 0 spiro atoms. The summed E-state index contributed by atoms with van der Waals surface area (Å²) in [6.07, 6.45) is 1.82. The number of esters is 1. The van der Waals surface area contributed by atoms with Gasteiger partial charge in [-0.3, -0.25) is 4.79 Å². The number of piperidine rings is 1. The van der Waals surface area contributed by atoms with Gasteiger partial charge in [0.15, 0.2) is 0 Å². The molecule has 21 heavy (non-hydrogen) atoms. The Labute approximate surface area is 128 Å². The lowest BCUT2D eigenvalue weighted by atomic mass is 9.94. The van der Waals surface area contributed by atoms with Crippen molar-refractivity contribution in [2.75, 3.05) is 26.8 Å². The van der Waals surface area contributed by atoms with E-state index in [0.717, 1.165) is 24.2 Å². The van der Waals surface area contributed by atoms with E-state index in [2.05, 4.69) is 4.98 Å². The number of nitrogens with zero attached hydrogens (tertiary/aromatic N) is 2. The molecule has 1 atom stereocenters. The molecule has 0 aromatic carbocycles. The molecule has 0 saturated carbocycles. The highest BCUT2D eigenvalue weighted by molar-refractivity contribution is 7.11. The van der Waals surface area contributed by atoms with Crippen molar-refractivity contribution in [1.82, 2.24) is 9.88 Å². The standard InChI is InChI=1S/C14H20N2O4S/c1-4-20-13(18)11-15-10(8-21-11)12(17)16-7-5-6-14(2,9-16)19-3/h8H,4-7,9H2,1-3H3. The van der Waals surface area contributed by atoms with E-state index >= 15 is 0 Å². The first kappa shape index (κ1) is 15.9. The van der Waals surface area contributed by atoms with E-state index in [-0.39, 0.29) is 16.5 Å². The molecule has 2 heterocycles. The van der Waals surface area contributed by atoms with Crippen LogP contribution in [-0.4, -0.2) is 54.2 Å². The zero-order valence-corrected chi connectivity index (χ0v) is 13.4. The number of rotatable bonds is 4. The third kappa shape index (κ3) is 3.59. The van der Waals surface area contributed by atoms with Crippen LogP contribution in [0.2, 0.25) is 0 Å². The molecule has 6 nitrogen and oxygen atoms in total. The molecule has 1 amide bonds. The maximum atomic E-state index is 12.5. The molecule has 1 fully saturated rings. The fraction of sp³-hybridized carbons (Fsp3) is 0.643. The summed E-state index contributed by atoms with van der Waals surface area (Å²) in [6, 6.07) is 0. The van der Waals surface area contributed by atoms with E-state index in [1.807, 2.05) is 6.92 Å². The topological polar surface area (TPSA) is 68.7 Å². The Kier molecular flexibility index (Phi) is 4.95. The Morgan fingerprint density at radius 1 is 1.52 bits per heavy atom. The second-order valence-corrected chi connectivity index (χ2v) is 6.10. The first-order valence-corrected chi connectivity index (χ1v) is 7.84. The lowest BCUT2D eigenvalue weighted by Gasteiger charge is -2.39. The molecule has 1 aliphatic rings. The number of methoxy groups -OCH3 is 1. The molecule has 1 aliphatic heterocycles. The predicted octanol–water partition coefficient (Wildman–Crippen LogP) is 1.96. The van der Waals surface area contributed by atoms with Crippen LogP contribution in [0.5, 0.6) is 0 Å². The largest absolute Gasteiger partial charge is 0.461 e. The highest BCUT2D eigenvalue weighted by atomic mass is 32.1. The smallest absolute Gasteiger partial charge is 0.367 e. The average Bonchev–Trinajstić information content (AvgIpc) is 2.97. The number of ether oxygens (including phenoxy) is 2. The molecular formula is C14H20N2O4S. The number of carbonyl (C=O) groups is 2. The van der Waals surface area contributed by atoms with Gasteiger partial charge in [-0.05, 0) is 26.7 Å². The molecule has 0 bridgehead atoms. The Hall–Kier alpha value is -1.47. The van der Waals surface area contributed by atoms with E-state index in [1.54, 1.807) is 24.3 Å². The second-order valence-electron chi connectivity index (χ2n) is 5.24. The minimum Gasteiger partial charge on any atom is -0.461 e. The quantitative estimate of drug-likeness (QED) is 0.795. The van der Waals surface area contributed by atoms with Crippen molar-refractivity contribution in [3.05, 3.63) is 16.1 Å². The van der Waals surface area contributed by atoms with Crippen molar-refractivity contribution >= 4 is 23.2 Å². The van der Waals surface area contributed by atoms with E-state index < -0.39 is 5.97 Å². The summed E-state index contributed by atoms with van der Waals surface area (Å²) in [5, 5.41) is 1.82. The van der Waals surface area contributed by atoms with E-state index in [0.29, 0.717) is 25.4 Å². The molecule has 7 heteroatoms. The van der Waals surface area contributed by atoms with Crippen LogP contribution in [0.25, 0.3) is 0 Å². The first-order chi connectivity index (χ1) is 9.99. The molecular weight excluding hydrogens is 292 g/mol. The van der Waals surface area contributed by atoms with Crippen molar-refractivity contribution in [2.24, 2.45) is 0 Å². The Balaban J connectivity index is 2.08. The van der Waals surface area contributed by atoms with Gasteiger partial charge in [-0.25, -0.2) is 9.78 Å². The first-order valence-electron chi connectivity index (χ1n) is 6.96. The molecule has 1 unspecified atom stereocenters. The number of amides is 1. The summed E-state index contributed by atoms with van der Waals surface area (Å²) in [6.45, 7) is 5.24. The fourth-order valence-electron chi connectivity index (χ4n) is 2.37. The predicted molar refractivity (Wildman–Crippen MR) is 78.6 cm³/mol. The zero-order valence-electron chi connectivity index (χ0n) is 12.5. The zero-order chi connectivity index (χ0) is 15.5. The van der Waals surface area contributed by atoms with Gasteiger partial charge in [-0.1, -0.05) is 0 Å². The monoisotopic (exact) mass is 312 g/mol. The van der Waals surface area contributed by atoms with Crippen LogP contribution in [0, 0.1) is 0 Å². The molecule has 0 radical (unpaired) electrons. The van der Waals surface area contributed by atoms with Gasteiger partial charge in [0.1, 0.15) is 5.69 Å². The molecule has 0 N–H and O–H groups in total. The van der Waals surface area contributed by atoms with Gasteiger partial charge in [0, 0.05) is 25.6 Å². The molecule has 1 aromatic heterocycles. The van der Waals surface area contributed by atoms with Crippen molar-refractivity contribution in [3.8, 4) is 0 Å². The molecule has 0 aliphatic carbocycles. The van der Waals surface area contributed by atoms with Gasteiger partial charge in [0.25, 0.3) is 5.91 Å². The van der Waals surface area contributed by atoms with Crippen LogP contribution < -0.4 is 0 Å². The lowest BCUT2D eigenvalue weighted by molar-refractivity contribution is -0.0441. The van der Waals surface area contributed by atoms with Gasteiger partial charge in [0.05, 0.1) is 12.2 Å². The van der Waals surface area contributed by atoms with E-state index in [1.165, 1.54) is 0 Å². The highest BCUT2D eigenvalue weighted by Gasteiger charge is 2.34. The van der Waals surface area contributed by atoms with Crippen LogP contribution in [0.15, 0.2) is 5.38 Å². The van der Waals surface area contributed by atoms with Crippen molar-refractivity contribution < 1.29 is 19.1 Å². The summed E-state index contributed by atoms with van der Waals surface area (Å²) in [7, 11) is 1.66. The van der Waals surface area contributed by atoms with Crippen molar-refractivity contribution in [1.29, 1.82) is 0 Å². The normalized spacial score (nSPS) is 22.1. The number of likely N-dealkylation sites (tertiary alicyclic amines) is 1. The summed E-state index contributed by atoms with van der Waals surface area (Å²) in [5.74, 6) is -0.647. The van der Waals surface area contributed by atoms with E-state index in [4.69, 9.17) is 9.47 Å². The second kappa shape index (κ2) is 6.53. The number of aromatic nitrogens is 1. The van der Waals surface area contributed by atoms with Crippen molar-refractivity contribution in [2.45, 2.75) is 32.3 Å². The number of hydrogen-bond acceptors (Lipinski definition) is 6. The third-order valence-electron chi connectivity index (χ3n) is 3.61. The van der Waals surface area contributed by atoms with Crippen LogP contribution in [0.1, 0.15) is 47.0 Å². The Morgan fingerprint density at radius 3 is 2.95 bits per heavy atom. The Bertz CT molecular complexity index is 531. The summed E-state index contributed by atoms with van der Waals surface area (Å²) < 4.78 is 10.4. The number of carbonyl (C=O) groups excluding carboxylic acids is 2. The van der Waals surface area contributed by atoms with Gasteiger partial charge in [-0.15, -0.1) is 11.3 Å². The maximum absolute atomic E-state index is 12.5. The van der Waals surface area contributed by atoms with Gasteiger partial charge >= 0.3 is 5.97 Å². The molecule has 1 saturated heterocycles. The van der Waals surface area contributed by atoms with Crippen LogP contribution in [0.3, 0.4) is 0 Å². The summed E-state index contributed by atoms with van der Waals surface area (Å²) >= 11 is 1.13. The highest BCUT2D eigenvalue weighted by Crippen LogP contribution is 2.25. The molecule has 1 aromatic rings. The van der Waals surface area contributed by atoms with Crippen LogP contribution in [-0.2, 0) is 9.47 Å². The summed E-state index contributed by atoms with van der Waals surface area (Å²) in [4.78, 5) is 29.9. The minimum absolute atomic E-state index is 0.162. The number of thiazole rings is 1. The van der Waals surface area contributed by atoms with Crippen LogP contribution >= 0.6 is 11.3 Å². The lowest BCUT2D eigenvalue weighted by Crippen LogP contribution is -2.49. The van der Waals surface area contributed by atoms with Crippen LogP contribution in [0.4, 0.5) is 0 Å². The average molecular weight is 312 g/mol. The minimum atomic E-state index is -0.484. The van der Waals surface area contributed by atoms with Gasteiger partial charge in [-0.2, -0.15) is 0 Å². The molecule has 2 rings (SSSR count). The third-order valence-corrected chi connectivity index (χ3v) is 4.43. The van der Waals surface area contributed by atoms with Gasteiger partial charge < -0.3 is 14.4 Å². The number of hydrogen-bond donors (Lipinski definition) is 0. The SMILES string of the molecule is CCOC(=O)c1nc(C(=O)N2CCCC(C)(OC)C2)cs1. The Morgan fingerprint density at radius 2 is 2.29 bits per heavy atom. The van der Waals surface area contributed by atoms with Crippen molar-refractivity contribution in [3.63, 3.8) is 0 Å². The molecule has 116 valence electrons. The summed E-state index contributed by atoms with van der Waals surface area (Å²) in [5.41, 5.74) is -0.0168. The van der Waals surface area contributed by atoms with E-state index in [9.17, 15) is 9.59 Å².